The van der Waals surface area contributed by atoms with E-state index in [4.69, 9.17) is 0 Å². The van der Waals surface area contributed by atoms with Crippen molar-refractivity contribution in [3.63, 3.8) is 0 Å². The summed E-state index contributed by atoms with van der Waals surface area (Å²) in [5.41, 5.74) is 3.79. The number of pyridine rings is 1. The lowest BCUT2D eigenvalue weighted by molar-refractivity contribution is -0.116. The van der Waals surface area contributed by atoms with Gasteiger partial charge in [0, 0.05) is 18.3 Å². The van der Waals surface area contributed by atoms with E-state index in [0.717, 1.165) is 28.9 Å². The lowest BCUT2D eigenvalue weighted by atomic mass is 9.98. The Bertz CT molecular complexity index is 746. The summed E-state index contributed by atoms with van der Waals surface area (Å²) < 4.78 is 0. The molecule has 0 radical (unpaired) electrons. The van der Waals surface area contributed by atoms with Crippen molar-refractivity contribution < 1.29 is 9.59 Å². The van der Waals surface area contributed by atoms with Crippen LogP contribution < -0.4 is 16.0 Å². The van der Waals surface area contributed by atoms with Crippen LogP contribution in [0, 0.1) is 0 Å². The van der Waals surface area contributed by atoms with Crippen LogP contribution in [0.15, 0.2) is 42.6 Å². The predicted octanol–water partition coefficient (Wildman–Crippen LogP) is 2.53. The molecule has 2 heterocycles. The molecule has 0 bridgehead atoms. The molecular formula is C18H20N4O2. The second-order valence-electron chi connectivity index (χ2n) is 5.83. The van der Waals surface area contributed by atoms with Gasteiger partial charge in [-0.3, -0.25) is 9.78 Å². The van der Waals surface area contributed by atoms with Crippen molar-refractivity contribution in [1.82, 2.24) is 15.6 Å². The zero-order valence-electron chi connectivity index (χ0n) is 13.5. The van der Waals surface area contributed by atoms with E-state index in [-0.39, 0.29) is 18.0 Å². The lowest BCUT2D eigenvalue weighted by Gasteiger charge is -2.20. The first-order valence-corrected chi connectivity index (χ1v) is 7.99. The summed E-state index contributed by atoms with van der Waals surface area (Å²) in [5, 5.41) is 8.57. The van der Waals surface area contributed by atoms with Crippen LogP contribution in [0.2, 0.25) is 0 Å². The van der Waals surface area contributed by atoms with Crippen LogP contribution in [-0.2, 0) is 17.8 Å². The molecule has 0 unspecified atom stereocenters. The summed E-state index contributed by atoms with van der Waals surface area (Å²) in [6.45, 7) is 2.32. The van der Waals surface area contributed by atoms with Gasteiger partial charge in [0.15, 0.2) is 0 Å². The molecule has 0 saturated heterocycles. The highest BCUT2D eigenvalue weighted by molar-refractivity contribution is 5.93. The van der Waals surface area contributed by atoms with Crippen LogP contribution in [0.25, 0.3) is 0 Å². The molecule has 3 amide bonds. The molecule has 0 aliphatic carbocycles. The van der Waals surface area contributed by atoms with Gasteiger partial charge in [-0.05, 0) is 42.7 Å². The van der Waals surface area contributed by atoms with Crippen molar-refractivity contribution in [2.45, 2.75) is 32.4 Å². The highest BCUT2D eigenvalue weighted by atomic mass is 16.2. The number of benzene rings is 1. The number of anilines is 1. The first kappa shape index (κ1) is 16.0. The molecule has 1 aromatic heterocycles. The van der Waals surface area contributed by atoms with Crippen molar-refractivity contribution in [3.05, 3.63) is 59.4 Å². The van der Waals surface area contributed by atoms with Gasteiger partial charge in [0.05, 0.1) is 18.3 Å². The average molecular weight is 324 g/mol. The number of nitrogens with zero attached hydrogens (tertiary/aromatic N) is 1. The maximum atomic E-state index is 12.0. The Labute approximate surface area is 140 Å². The number of amides is 3. The second kappa shape index (κ2) is 7.12. The molecule has 1 aromatic carbocycles. The standard InChI is InChI=1S/C18H20N4O2/c1-12(21-18(24)20-11-15-4-2-3-9-19-15)13-5-7-16-14(10-13)6-8-17(23)22-16/h2-5,7,9-10,12H,6,8,11H2,1H3,(H,22,23)(H2,20,21,24)/t12-/m0/s1. The second-order valence-corrected chi connectivity index (χ2v) is 5.83. The number of aromatic nitrogens is 1. The number of urea groups is 1. The third-order valence-corrected chi connectivity index (χ3v) is 4.03. The van der Waals surface area contributed by atoms with Crippen molar-refractivity contribution in [1.29, 1.82) is 0 Å². The topological polar surface area (TPSA) is 83.1 Å². The maximum Gasteiger partial charge on any atom is 0.315 e. The Kier molecular flexibility index (Phi) is 4.74. The molecule has 1 atom stereocenters. The Hall–Kier alpha value is -2.89. The number of hydrogen-bond donors (Lipinski definition) is 3. The Balaban J connectivity index is 1.57. The van der Waals surface area contributed by atoms with Gasteiger partial charge >= 0.3 is 6.03 Å². The van der Waals surface area contributed by atoms with E-state index in [1.807, 2.05) is 43.3 Å². The van der Waals surface area contributed by atoms with Gasteiger partial charge in [0.1, 0.15) is 0 Å². The number of fused-ring (bicyclic) bond motifs is 1. The molecule has 2 aromatic rings. The van der Waals surface area contributed by atoms with Gasteiger partial charge in [-0.15, -0.1) is 0 Å². The highest BCUT2D eigenvalue weighted by Gasteiger charge is 2.17. The fraction of sp³-hybridized carbons (Fsp3) is 0.278. The number of aryl methyl sites for hydroxylation is 1. The summed E-state index contributed by atoms with van der Waals surface area (Å²) in [4.78, 5) is 27.6. The number of carbonyl (C=O) groups excluding carboxylic acids is 2. The molecule has 1 aliphatic heterocycles. The van der Waals surface area contributed by atoms with E-state index in [2.05, 4.69) is 20.9 Å². The van der Waals surface area contributed by atoms with E-state index < -0.39 is 0 Å². The number of hydrogen-bond acceptors (Lipinski definition) is 3. The SMILES string of the molecule is C[C@H](NC(=O)NCc1ccccn1)c1ccc2c(c1)CCC(=O)N2. The molecular weight excluding hydrogens is 304 g/mol. The summed E-state index contributed by atoms with van der Waals surface area (Å²) in [5.74, 6) is 0.0512. The summed E-state index contributed by atoms with van der Waals surface area (Å²) in [7, 11) is 0. The highest BCUT2D eigenvalue weighted by Crippen LogP contribution is 2.26. The molecule has 124 valence electrons. The van der Waals surface area contributed by atoms with E-state index in [1.54, 1.807) is 6.20 Å². The maximum absolute atomic E-state index is 12.0. The zero-order valence-corrected chi connectivity index (χ0v) is 13.5. The van der Waals surface area contributed by atoms with Crippen molar-refractivity contribution in [3.8, 4) is 0 Å². The van der Waals surface area contributed by atoms with E-state index in [9.17, 15) is 9.59 Å². The molecule has 3 rings (SSSR count). The fourth-order valence-corrected chi connectivity index (χ4v) is 2.68. The van der Waals surface area contributed by atoms with Crippen LogP contribution >= 0.6 is 0 Å². The number of nitrogens with one attached hydrogen (secondary N) is 3. The van der Waals surface area contributed by atoms with Crippen LogP contribution in [0.1, 0.15) is 36.2 Å². The smallest absolute Gasteiger partial charge is 0.315 e. The largest absolute Gasteiger partial charge is 0.332 e. The summed E-state index contributed by atoms with van der Waals surface area (Å²) >= 11 is 0. The van der Waals surface area contributed by atoms with Gasteiger partial charge in [-0.25, -0.2) is 4.79 Å². The fourth-order valence-electron chi connectivity index (χ4n) is 2.68. The molecule has 6 nitrogen and oxygen atoms in total. The van der Waals surface area contributed by atoms with Crippen LogP contribution in [-0.4, -0.2) is 16.9 Å². The minimum atomic E-state index is -0.237. The zero-order chi connectivity index (χ0) is 16.9. The molecule has 6 heteroatoms. The molecule has 24 heavy (non-hydrogen) atoms. The monoisotopic (exact) mass is 324 g/mol. The van der Waals surface area contributed by atoms with Crippen LogP contribution in [0.4, 0.5) is 10.5 Å². The molecule has 3 N–H and O–H groups in total. The normalized spacial score (nSPS) is 14.3. The van der Waals surface area contributed by atoms with Crippen LogP contribution in [0.3, 0.4) is 0 Å². The first-order valence-electron chi connectivity index (χ1n) is 7.99. The van der Waals surface area contributed by atoms with E-state index in [1.165, 1.54) is 0 Å². The first-order chi connectivity index (χ1) is 11.6. The van der Waals surface area contributed by atoms with Gasteiger partial charge < -0.3 is 16.0 Å². The quantitative estimate of drug-likeness (QED) is 0.808. The Morgan fingerprint density at radius 1 is 1.29 bits per heavy atom. The molecule has 0 spiro atoms. The number of carbonyl (C=O) groups is 2. The van der Waals surface area contributed by atoms with E-state index >= 15 is 0 Å². The van der Waals surface area contributed by atoms with Crippen molar-refractivity contribution in [2.24, 2.45) is 0 Å². The van der Waals surface area contributed by atoms with Crippen LogP contribution in [0.5, 0.6) is 0 Å². The molecule has 0 saturated carbocycles. The minimum Gasteiger partial charge on any atom is -0.332 e. The molecule has 1 aliphatic rings. The van der Waals surface area contributed by atoms with Gasteiger partial charge in [-0.1, -0.05) is 18.2 Å². The Morgan fingerprint density at radius 2 is 2.17 bits per heavy atom. The third-order valence-electron chi connectivity index (χ3n) is 4.03. The van der Waals surface area contributed by atoms with Crippen molar-refractivity contribution in [2.75, 3.05) is 5.32 Å². The Morgan fingerprint density at radius 3 is 2.96 bits per heavy atom. The van der Waals surface area contributed by atoms with Gasteiger partial charge in [0.25, 0.3) is 0 Å². The number of rotatable bonds is 4. The predicted molar refractivity (Wildman–Crippen MR) is 91.4 cm³/mol. The molecule has 0 fully saturated rings. The lowest BCUT2D eigenvalue weighted by Crippen LogP contribution is -2.36. The third kappa shape index (κ3) is 3.90. The summed E-state index contributed by atoms with van der Waals surface area (Å²) in [6.07, 6.45) is 2.93. The average Bonchev–Trinajstić information content (AvgIpc) is 2.60. The van der Waals surface area contributed by atoms with E-state index in [0.29, 0.717) is 13.0 Å². The minimum absolute atomic E-state index is 0.0512. The van der Waals surface area contributed by atoms with Crippen molar-refractivity contribution >= 4 is 17.6 Å². The van der Waals surface area contributed by atoms with Gasteiger partial charge in [-0.2, -0.15) is 0 Å². The van der Waals surface area contributed by atoms with Gasteiger partial charge in [0.2, 0.25) is 5.91 Å². The summed E-state index contributed by atoms with van der Waals surface area (Å²) in [6, 6.07) is 11.1.